The first-order chi connectivity index (χ1) is 14.9. The Morgan fingerprint density at radius 2 is 1.84 bits per heavy atom. The Morgan fingerprint density at radius 1 is 1.12 bits per heavy atom. The first-order valence-corrected chi connectivity index (χ1v) is 8.83. The lowest BCUT2D eigenvalue weighted by Crippen LogP contribution is -2.48. The predicted octanol–water partition coefficient (Wildman–Crippen LogP) is -2.00. The van der Waals surface area contributed by atoms with E-state index in [9.17, 15) is 20.1 Å². The van der Waals surface area contributed by atoms with E-state index in [1.807, 2.05) is 0 Å². The van der Waals surface area contributed by atoms with Crippen LogP contribution >= 0.6 is 11.6 Å². The number of halogens is 1. The van der Waals surface area contributed by atoms with Crippen LogP contribution in [-0.4, -0.2) is 74.7 Å². The third-order valence-electron chi connectivity index (χ3n) is 3.79. The number of ether oxygens (including phenoxy) is 1. The first-order valence-electron chi connectivity index (χ1n) is 8.45. The summed E-state index contributed by atoms with van der Waals surface area (Å²) in [6.07, 6.45) is -5.90. The highest BCUT2D eigenvalue weighted by Gasteiger charge is 2.27. The van der Waals surface area contributed by atoms with Gasteiger partial charge in [0.15, 0.2) is 22.4 Å². The number of carbonyl (C=O) groups excluding carboxylic acids is 1. The molecule has 3 rings (SSSR count). The van der Waals surface area contributed by atoms with E-state index in [0.29, 0.717) is 4.68 Å². The summed E-state index contributed by atoms with van der Waals surface area (Å²) < 4.78 is 5.77. The number of benzene rings is 1. The second-order valence-electron chi connectivity index (χ2n) is 6.14. The minimum atomic E-state index is -3.50. The Balaban J connectivity index is 2.02. The number of anilines is 2. The van der Waals surface area contributed by atoms with Crippen molar-refractivity contribution in [1.82, 2.24) is 30.3 Å². The molecule has 0 unspecified atom stereocenters. The molecule has 3 aromatic rings. The normalized spacial score (nSPS) is 11.9. The summed E-state index contributed by atoms with van der Waals surface area (Å²) >= 11 is 5.85. The van der Waals surface area contributed by atoms with E-state index in [2.05, 4.69) is 25.6 Å². The fraction of sp³-hybridized carbons (Fsp3) is 0.188. The van der Waals surface area contributed by atoms with Crippen molar-refractivity contribution < 1.29 is 40.2 Å². The average molecular weight is 470 g/mol. The largest absolute Gasteiger partial charge is 0.494 e. The van der Waals surface area contributed by atoms with Crippen LogP contribution in [0.15, 0.2) is 30.6 Å². The maximum Gasteiger partial charge on any atom is 0.390 e. The molecule has 0 radical (unpaired) electrons. The summed E-state index contributed by atoms with van der Waals surface area (Å²) in [5.74, 6) is -1.13. The van der Waals surface area contributed by atoms with Crippen molar-refractivity contribution in [3.8, 4) is 17.1 Å². The van der Waals surface area contributed by atoms with Crippen molar-refractivity contribution in [2.24, 2.45) is 0 Å². The van der Waals surface area contributed by atoms with Gasteiger partial charge in [-0.2, -0.15) is 4.68 Å². The number of aromatic nitrogens is 5. The molecule has 0 spiro atoms. The van der Waals surface area contributed by atoms with Crippen molar-refractivity contribution in [3.63, 3.8) is 0 Å². The van der Waals surface area contributed by atoms with Crippen LogP contribution in [0, 0.1) is 0 Å². The lowest BCUT2D eigenvalue weighted by Gasteiger charge is -2.18. The second-order valence-corrected chi connectivity index (χ2v) is 6.53. The van der Waals surface area contributed by atoms with E-state index in [0.717, 1.165) is 6.33 Å². The number of methoxy groups -OCH3 is 1. The van der Waals surface area contributed by atoms with Gasteiger partial charge in [-0.15, -0.1) is 15.3 Å². The molecule has 32 heavy (non-hydrogen) atoms. The molecule has 0 aliphatic heterocycles. The molecular weight excluding hydrogens is 454 g/mol. The number of hydrogen-bond acceptors (Lipinski definition) is 13. The van der Waals surface area contributed by atoms with Gasteiger partial charge >= 0.3 is 12.2 Å². The van der Waals surface area contributed by atoms with Crippen molar-refractivity contribution >= 4 is 28.9 Å². The highest BCUT2D eigenvalue weighted by atomic mass is 35.5. The number of amides is 1. The van der Waals surface area contributed by atoms with Crippen LogP contribution in [0.25, 0.3) is 11.4 Å². The van der Waals surface area contributed by atoms with Gasteiger partial charge in [0.1, 0.15) is 6.33 Å². The smallest absolute Gasteiger partial charge is 0.390 e. The molecule has 0 saturated carbocycles. The average Bonchev–Trinajstić information content (AvgIpc) is 3.17. The molecule has 0 fully saturated rings. The molecule has 0 aliphatic carbocycles. The zero-order valence-electron chi connectivity index (χ0n) is 16.0. The predicted molar refractivity (Wildman–Crippen MR) is 104 cm³/mol. The standard InChI is InChI=1S/C16H16ClN7O8/c1-32-12-7(13-18-6-24(23-13)16(29,30)31)3-2-4-8(12)19-9-5-10(17)21-22-11(9)14(25)20-15(26,27)28/h2-6,26-31H,1H3,(H,19,21)(H,20,25). The third-order valence-corrected chi connectivity index (χ3v) is 3.97. The third kappa shape index (κ3) is 5.24. The lowest BCUT2D eigenvalue weighted by molar-refractivity contribution is -0.381. The van der Waals surface area contributed by atoms with Gasteiger partial charge in [-0.1, -0.05) is 17.7 Å². The number of aliphatic hydroxyl groups is 6. The number of rotatable bonds is 7. The quantitative estimate of drug-likeness (QED) is 0.175. The highest BCUT2D eigenvalue weighted by Crippen LogP contribution is 2.37. The van der Waals surface area contributed by atoms with Gasteiger partial charge in [0.05, 0.1) is 24.0 Å². The lowest BCUT2D eigenvalue weighted by atomic mass is 10.1. The van der Waals surface area contributed by atoms with Crippen molar-refractivity contribution in [2.45, 2.75) is 12.2 Å². The Kier molecular flexibility index (Phi) is 6.24. The zero-order valence-corrected chi connectivity index (χ0v) is 16.8. The maximum absolute atomic E-state index is 12.2. The number of nitrogens with one attached hydrogen (secondary N) is 2. The van der Waals surface area contributed by atoms with Gasteiger partial charge in [0, 0.05) is 6.07 Å². The maximum atomic E-state index is 12.2. The molecule has 2 heterocycles. The monoisotopic (exact) mass is 469 g/mol. The molecule has 2 aromatic heterocycles. The fourth-order valence-electron chi connectivity index (χ4n) is 2.55. The Labute approximate surface area is 183 Å². The molecule has 0 bridgehead atoms. The molecular formula is C16H16ClN7O8. The Morgan fingerprint density at radius 3 is 2.44 bits per heavy atom. The summed E-state index contributed by atoms with van der Waals surface area (Å²) in [6.45, 7) is 0. The fourth-order valence-corrected chi connectivity index (χ4v) is 2.70. The van der Waals surface area contributed by atoms with Gasteiger partial charge in [0.2, 0.25) is 0 Å². The summed E-state index contributed by atoms with van der Waals surface area (Å²) in [7, 11) is 1.32. The van der Waals surface area contributed by atoms with Crippen LogP contribution in [0.5, 0.6) is 5.75 Å². The highest BCUT2D eigenvalue weighted by molar-refractivity contribution is 6.29. The SMILES string of the molecule is COc1c(Nc2cc(Cl)nnc2C(=O)NC(O)(O)O)cccc1-c1ncn(C(O)(O)O)n1. The van der Waals surface area contributed by atoms with Gasteiger partial charge in [0.25, 0.3) is 5.91 Å². The van der Waals surface area contributed by atoms with Crippen molar-refractivity contribution in [2.75, 3.05) is 12.4 Å². The van der Waals surface area contributed by atoms with E-state index >= 15 is 0 Å². The number of para-hydroxylation sites is 1. The van der Waals surface area contributed by atoms with Gasteiger partial charge < -0.3 is 40.7 Å². The van der Waals surface area contributed by atoms with Gasteiger partial charge in [-0.05, 0) is 12.1 Å². The van der Waals surface area contributed by atoms with Crippen LogP contribution in [0.3, 0.4) is 0 Å². The molecule has 0 atom stereocenters. The topological polar surface area (TPSA) is 228 Å². The zero-order chi connectivity index (χ0) is 23.7. The molecule has 0 aliphatic rings. The van der Waals surface area contributed by atoms with Crippen LogP contribution in [0.4, 0.5) is 11.4 Å². The number of carbonyl (C=O) groups is 1. The van der Waals surface area contributed by atoms with Gasteiger partial charge in [-0.25, -0.2) is 4.98 Å². The van der Waals surface area contributed by atoms with E-state index in [1.54, 1.807) is 6.07 Å². The summed E-state index contributed by atoms with van der Waals surface area (Å²) in [4.78, 5) is 16.1. The first kappa shape index (κ1) is 23.2. The van der Waals surface area contributed by atoms with E-state index in [1.165, 1.54) is 30.6 Å². The summed E-state index contributed by atoms with van der Waals surface area (Å²) in [5, 5.41) is 69.7. The van der Waals surface area contributed by atoms with Gasteiger partial charge in [-0.3, -0.25) is 10.1 Å². The second kappa shape index (κ2) is 8.60. The van der Waals surface area contributed by atoms with Crippen LogP contribution < -0.4 is 15.4 Å². The number of hydrogen-bond donors (Lipinski definition) is 8. The van der Waals surface area contributed by atoms with Crippen molar-refractivity contribution in [3.05, 3.63) is 41.4 Å². The van der Waals surface area contributed by atoms with E-state index in [4.69, 9.17) is 31.7 Å². The van der Waals surface area contributed by atoms with Crippen LogP contribution in [-0.2, 0) is 6.10 Å². The van der Waals surface area contributed by atoms with E-state index in [-0.39, 0.29) is 33.7 Å². The molecule has 0 saturated heterocycles. The molecule has 16 heteroatoms. The van der Waals surface area contributed by atoms with Crippen LogP contribution in [0.1, 0.15) is 10.5 Å². The van der Waals surface area contributed by atoms with Crippen LogP contribution in [0.2, 0.25) is 5.15 Å². The minimum Gasteiger partial charge on any atom is -0.494 e. The summed E-state index contributed by atoms with van der Waals surface area (Å²) in [6, 6.07) is 5.80. The number of nitrogens with zero attached hydrogens (tertiary/aromatic N) is 5. The van der Waals surface area contributed by atoms with Crippen molar-refractivity contribution in [1.29, 1.82) is 0 Å². The molecule has 170 valence electrons. The molecule has 1 amide bonds. The summed E-state index contributed by atoms with van der Waals surface area (Å²) in [5.41, 5.74) is -0.0390. The molecule has 1 aromatic carbocycles. The minimum absolute atomic E-state index is 0.0542. The Bertz CT molecular complexity index is 1140. The molecule has 8 N–H and O–H groups in total. The molecule has 15 nitrogen and oxygen atoms in total. The van der Waals surface area contributed by atoms with E-state index < -0.39 is 23.8 Å². The Hall–Kier alpha value is -3.44.